The summed E-state index contributed by atoms with van der Waals surface area (Å²) in [5.41, 5.74) is 3.59. The molecule has 3 aromatic rings. The molecule has 2 aromatic carbocycles. The maximum atomic E-state index is 12.9. The van der Waals surface area contributed by atoms with E-state index in [1.54, 1.807) is 10.6 Å². The van der Waals surface area contributed by atoms with Crippen molar-refractivity contribution in [2.75, 3.05) is 24.3 Å². The molecule has 0 unspecified atom stereocenters. The Morgan fingerprint density at radius 1 is 1.17 bits per heavy atom. The zero-order valence-corrected chi connectivity index (χ0v) is 16.5. The molecule has 1 aromatic heterocycles. The number of carbonyl (C=O) groups is 2. The van der Waals surface area contributed by atoms with Crippen molar-refractivity contribution in [1.29, 1.82) is 0 Å². The number of hydrogen-bond acceptors (Lipinski definition) is 5. The first kappa shape index (κ1) is 19.4. The molecule has 30 heavy (non-hydrogen) atoms. The van der Waals surface area contributed by atoms with Crippen LogP contribution < -0.4 is 15.8 Å². The van der Waals surface area contributed by atoms with Gasteiger partial charge in [0.1, 0.15) is 5.82 Å². The second-order valence-corrected chi connectivity index (χ2v) is 7.29. The molecule has 0 aliphatic carbocycles. The number of rotatable bonds is 3. The van der Waals surface area contributed by atoms with E-state index in [2.05, 4.69) is 10.3 Å². The lowest BCUT2D eigenvalue weighted by molar-refractivity contribution is -0.147. The lowest BCUT2D eigenvalue weighted by Gasteiger charge is -2.12. The summed E-state index contributed by atoms with van der Waals surface area (Å²) in [6, 6.07) is 12.7. The second kappa shape index (κ2) is 7.47. The second-order valence-electron chi connectivity index (χ2n) is 7.29. The number of aromatic nitrogens is 2. The predicted octanol–water partition coefficient (Wildman–Crippen LogP) is 2.43. The van der Waals surface area contributed by atoms with Crippen molar-refractivity contribution in [3.63, 3.8) is 0 Å². The lowest BCUT2D eigenvalue weighted by Crippen LogP contribution is -2.23. The zero-order chi connectivity index (χ0) is 21.4. The van der Waals surface area contributed by atoms with Crippen molar-refractivity contribution in [2.24, 2.45) is 0 Å². The summed E-state index contributed by atoms with van der Waals surface area (Å²) in [5.74, 6) is -2.14. The number of aliphatic carboxylic acids is 1. The summed E-state index contributed by atoms with van der Waals surface area (Å²) >= 11 is 0. The van der Waals surface area contributed by atoms with Gasteiger partial charge in [0.2, 0.25) is 0 Å². The van der Waals surface area contributed by atoms with E-state index in [0.717, 1.165) is 16.8 Å². The van der Waals surface area contributed by atoms with Crippen molar-refractivity contribution >= 4 is 45.8 Å². The van der Waals surface area contributed by atoms with E-state index < -0.39 is 11.9 Å². The molecule has 1 aliphatic heterocycles. The summed E-state index contributed by atoms with van der Waals surface area (Å²) in [5, 5.41) is 11.5. The Hall–Kier alpha value is -3.94. The van der Waals surface area contributed by atoms with E-state index in [0.29, 0.717) is 29.7 Å². The Kier molecular flexibility index (Phi) is 4.83. The number of fused-ring (bicyclic) bond motifs is 2. The molecule has 1 aliphatic rings. The van der Waals surface area contributed by atoms with E-state index in [9.17, 15) is 14.4 Å². The fourth-order valence-electron chi connectivity index (χ4n) is 3.49. The van der Waals surface area contributed by atoms with Crippen LogP contribution in [0.4, 0.5) is 11.4 Å². The first-order valence-electron chi connectivity index (χ1n) is 9.40. The summed E-state index contributed by atoms with van der Waals surface area (Å²) in [6.45, 7) is 0.552. The molecule has 2 N–H and O–H groups in total. The number of allylic oxidation sites excluding steroid dienone is 1. The third kappa shape index (κ3) is 3.55. The van der Waals surface area contributed by atoms with E-state index in [1.165, 1.54) is 12.1 Å². The molecule has 0 fully saturated rings. The molecule has 2 heterocycles. The monoisotopic (exact) mass is 404 g/mol. The molecule has 1 amide bonds. The van der Waals surface area contributed by atoms with Crippen molar-refractivity contribution in [2.45, 2.75) is 13.0 Å². The fraction of sp³-hybridized carbons (Fsp3) is 0.182. The Labute approximate surface area is 172 Å². The summed E-state index contributed by atoms with van der Waals surface area (Å²) in [6.07, 6.45) is 2.71. The minimum atomic E-state index is -1.58. The minimum absolute atomic E-state index is 0.155. The number of benzene rings is 2. The third-order valence-corrected chi connectivity index (χ3v) is 5.05. The average Bonchev–Trinajstić information content (AvgIpc) is 3.11. The molecule has 0 saturated carbocycles. The van der Waals surface area contributed by atoms with Crippen LogP contribution in [-0.4, -0.2) is 40.6 Å². The zero-order valence-electron chi connectivity index (χ0n) is 16.5. The smallest absolute Gasteiger partial charge is 0.394 e. The van der Waals surface area contributed by atoms with Gasteiger partial charge in [-0.1, -0.05) is 12.1 Å². The van der Waals surface area contributed by atoms with Crippen LogP contribution in [0.1, 0.15) is 17.8 Å². The average molecular weight is 404 g/mol. The van der Waals surface area contributed by atoms with Crippen LogP contribution in [0.2, 0.25) is 0 Å². The fourth-order valence-corrected chi connectivity index (χ4v) is 3.49. The van der Waals surface area contributed by atoms with Crippen LogP contribution in [0.5, 0.6) is 0 Å². The number of carboxylic acid groups (broad SMARTS) is 1. The van der Waals surface area contributed by atoms with E-state index in [1.807, 2.05) is 49.3 Å². The largest absolute Gasteiger partial charge is 0.474 e. The molecular formula is C22H20N4O4. The molecule has 8 nitrogen and oxygen atoms in total. The normalized spacial score (nSPS) is 14.0. The summed E-state index contributed by atoms with van der Waals surface area (Å²) in [7, 11) is 3.96. The Balaban J connectivity index is 1.74. The standard InChI is InChI=1S/C22H20N4O4/c1-25(2)16-6-3-13(4-7-16)11-14-9-10-26-19(14)24-18-12-15(23-20(27)22(29)30)5-8-17(18)21(26)28/h3-8,11-12H,9-10H2,1-2H3,(H,23,27)(H,29,30). The summed E-state index contributed by atoms with van der Waals surface area (Å²) < 4.78 is 1.65. The number of carboxylic acids is 1. The van der Waals surface area contributed by atoms with Gasteiger partial charge in [-0.3, -0.25) is 14.2 Å². The lowest BCUT2D eigenvalue weighted by atomic mass is 10.1. The van der Waals surface area contributed by atoms with Gasteiger partial charge in [0.15, 0.2) is 0 Å². The number of nitrogens with one attached hydrogen (secondary N) is 1. The maximum Gasteiger partial charge on any atom is 0.394 e. The van der Waals surface area contributed by atoms with Gasteiger partial charge < -0.3 is 15.3 Å². The van der Waals surface area contributed by atoms with Crippen LogP contribution >= 0.6 is 0 Å². The Bertz CT molecular complexity index is 1260. The van der Waals surface area contributed by atoms with Crippen molar-refractivity contribution in [1.82, 2.24) is 9.55 Å². The number of carbonyl (C=O) groups excluding carboxylic acids is 1. The van der Waals surface area contributed by atoms with Gasteiger partial charge in [-0.15, -0.1) is 0 Å². The van der Waals surface area contributed by atoms with Crippen LogP contribution in [0, 0.1) is 0 Å². The quantitative estimate of drug-likeness (QED) is 0.650. The van der Waals surface area contributed by atoms with Crippen molar-refractivity contribution in [3.05, 3.63) is 64.2 Å². The van der Waals surface area contributed by atoms with Gasteiger partial charge in [-0.2, -0.15) is 0 Å². The van der Waals surface area contributed by atoms with Gasteiger partial charge in [0.05, 0.1) is 10.9 Å². The van der Waals surface area contributed by atoms with Crippen LogP contribution in [0.3, 0.4) is 0 Å². The predicted molar refractivity (Wildman–Crippen MR) is 116 cm³/mol. The topological polar surface area (TPSA) is 105 Å². The minimum Gasteiger partial charge on any atom is -0.474 e. The van der Waals surface area contributed by atoms with Gasteiger partial charge in [-0.05, 0) is 54.0 Å². The molecule has 8 heteroatoms. The van der Waals surface area contributed by atoms with Crippen LogP contribution in [0.25, 0.3) is 22.6 Å². The summed E-state index contributed by atoms with van der Waals surface area (Å²) in [4.78, 5) is 41.7. The van der Waals surface area contributed by atoms with E-state index >= 15 is 0 Å². The Morgan fingerprint density at radius 3 is 2.57 bits per heavy atom. The SMILES string of the molecule is CN(C)c1ccc(C=C2CCn3c2nc2cc(NC(=O)C(=O)O)ccc2c3=O)cc1. The Morgan fingerprint density at radius 2 is 1.90 bits per heavy atom. The third-order valence-electron chi connectivity index (χ3n) is 5.05. The van der Waals surface area contributed by atoms with E-state index in [4.69, 9.17) is 5.11 Å². The van der Waals surface area contributed by atoms with Gasteiger partial charge in [0, 0.05) is 32.0 Å². The molecule has 152 valence electrons. The van der Waals surface area contributed by atoms with Crippen LogP contribution in [0.15, 0.2) is 47.3 Å². The number of hydrogen-bond donors (Lipinski definition) is 2. The molecular weight excluding hydrogens is 384 g/mol. The molecule has 0 bridgehead atoms. The first-order chi connectivity index (χ1) is 14.3. The first-order valence-corrected chi connectivity index (χ1v) is 9.40. The highest BCUT2D eigenvalue weighted by Crippen LogP contribution is 2.28. The van der Waals surface area contributed by atoms with Gasteiger partial charge >= 0.3 is 11.9 Å². The van der Waals surface area contributed by atoms with Crippen molar-refractivity contribution < 1.29 is 14.7 Å². The maximum absolute atomic E-state index is 12.9. The van der Waals surface area contributed by atoms with Crippen molar-refractivity contribution in [3.8, 4) is 0 Å². The van der Waals surface area contributed by atoms with E-state index in [-0.39, 0.29) is 11.2 Å². The highest BCUT2D eigenvalue weighted by atomic mass is 16.4. The molecule has 0 atom stereocenters. The number of nitrogens with zero attached hydrogens (tertiary/aromatic N) is 3. The molecule has 0 radical (unpaired) electrons. The van der Waals surface area contributed by atoms with Gasteiger partial charge in [-0.25, -0.2) is 9.78 Å². The molecule has 4 rings (SSSR count). The van der Waals surface area contributed by atoms with Gasteiger partial charge in [0.25, 0.3) is 5.56 Å². The molecule has 0 spiro atoms. The number of amides is 1. The highest BCUT2D eigenvalue weighted by molar-refractivity contribution is 6.36. The number of anilines is 2. The highest BCUT2D eigenvalue weighted by Gasteiger charge is 2.21. The van der Waals surface area contributed by atoms with Crippen LogP contribution in [-0.2, 0) is 16.1 Å². The molecule has 0 saturated heterocycles.